The highest BCUT2D eigenvalue weighted by Crippen LogP contribution is 2.36. The molecule has 1 aromatic rings. The van der Waals surface area contributed by atoms with Crippen LogP contribution in [-0.4, -0.2) is 43.7 Å². The number of nitrogen functional groups attached to an aromatic ring is 1. The van der Waals surface area contributed by atoms with Crippen molar-refractivity contribution in [3.05, 3.63) is 18.2 Å². The number of hydrogen-bond acceptors (Lipinski definition) is 4. The molecule has 0 aliphatic carbocycles. The lowest BCUT2D eigenvalue weighted by Gasteiger charge is -2.35. The van der Waals surface area contributed by atoms with Gasteiger partial charge < -0.3 is 15.4 Å². The van der Waals surface area contributed by atoms with Crippen molar-refractivity contribution >= 4 is 11.4 Å². The minimum Gasteiger partial charge on any atom is -0.495 e. The second-order valence-corrected chi connectivity index (χ2v) is 5.21. The summed E-state index contributed by atoms with van der Waals surface area (Å²) in [5.41, 5.74) is 7.82. The molecule has 2 saturated heterocycles. The lowest BCUT2D eigenvalue weighted by molar-refractivity contribution is 0.251. The summed E-state index contributed by atoms with van der Waals surface area (Å²) in [5, 5.41) is 0. The number of nitrogens with zero attached hydrogens (tertiary/aromatic N) is 2. The Kier molecular flexibility index (Phi) is 2.82. The van der Waals surface area contributed by atoms with Crippen LogP contribution in [0, 0.1) is 0 Å². The van der Waals surface area contributed by atoms with E-state index in [1.165, 1.54) is 25.2 Å². The van der Waals surface area contributed by atoms with Crippen LogP contribution in [0.3, 0.4) is 0 Å². The molecule has 2 N–H and O–H groups in total. The van der Waals surface area contributed by atoms with Crippen molar-refractivity contribution < 1.29 is 4.74 Å². The minimum atomic E-state index is 0.656. The van der Waals surface area contributed by atoms with Crippen LogP contribution in [0.2, 0.25) is 0 Å². The molecular formula is C14H21N3O. The summed E-state index contributed by atoms with van der Waals surface area (Å²) in [6, 6.07) is 7.49. The van der Waals surface area contributed by atoms with Gasteiger partial charge in [-0.2, -0.15) is 0 Å². The van der Waals surface area contributed by atoms with Gasteiger partial charge in [-0.1, -0.05) is 6.92 Å². The molecule has 3 rings (SSSR count). The lowest BCUT2D eigenvalue weighted by atomic mass is 10.2. The van der Waals surface area contributed by atoms with Crippen molar-refractivity contribution in [2.24, 2.45) is 0 Å². The Labute approximate surface area is 108 Å². The molecule has 2 aliphatic heterocycles. The molecule has 0 aromatic heterocycles. The number of ether oxygens (including phenoxy) is 1. The highest BCUT2D eigenvalue weighted by Gasteiger charge is 2.42. The summed E-state index contributed by atoms with van der Waals surface area (Å²) >= 11 is 0. The normalized spacial score (nSPS) is 26.9. The Balaban J connectivity index is 1.81. The monoisotopic (exact) mass is 247 g/mol. The summed E-state index contributed by atoms with van der Waals surface area (Å²) in [6.45, 7) is 5.73. The number of nitrogens with two attached hydrogens (primary N) is 1. The smallest absolute Gasteiger partial charge is 0.143 e. The maximum atomic E-state index is 5.87. The van der Waals surface area contributed by atoms with Crippen LogP contribution < -0.4 is 15.4 Å². The van der Waals surface area contributed by atoms with E-state index in [2.05, 4.69) is 28.9 Å². The third-order valence-corrected chi connectivity index (χ3v) is 4.31. The Morgan fingerprint density at radius 3 is 2.78 bits per heavy atom. The van der Waals surface area contributed by atoms with Gasteiger partial charge in [-0.25, -0.2) is 0 Å². The summed E-state index contributed by atoms with van der Waals surface area (Å²) in [4.78, 5) is 5.08. The molecule has 2 atom stereocenters. The number of piperazine rings is 1. The maximum absolute atomic E-state index is 5.87. The number of anilines is 2. The van der Waals surface area contributed by atoms with Crippen molar-refractivity contribution in [2.45, 2.75) is 25.4 Å². The Hall–Kier alpha value is -1.42. The van der Waals surface area contributed by atoms with Gasteiger partial charge in [0.15, 0.2) is 0 Å². The average Bonchev–Trinajstić information content (AvgIpc) is 2.98. The molecule has 2 heterocycles. The second-order valence-electron chi connectivity index (χ2n) is 5.21. The van der Waals surface area contributed by atoms with Crippen LogP contribution in [0.4, 0.5) is 11.4 Å². The highest BCUT2D eigenvalue weighted by atomic mass is 16.5. The fourth-order valence-electron chi connectivity index (χ4n) is 3.33. The molecule has 18 heavy (non-hydrogen) atoms. The minimum absolute atomic E-state index is 0.656. The number of benzene rings is 1. The first-order valence-corrected chi connectivity index (χ1v) is 6.67. The number of likely N-dealkylation sites (N-methyl/N-ethyl adjacent to an activating group) is 1. The third-order valence-electron chi connectivity index (χ3n) is 4.31. The predicted octanol–water partition coefficient (Wildman–Crippen LogP) is 1.56. The zero-order valence-corrected chi connectivity index (χ0v) is 11.1. The fourth-order valence-corrected chi connectivity index (χ4v) is 3.33. The molecule has 0 amide bonds. The second kappa shape index (κ2) is 4.35. The van der Waals surface area contributed by atoms with E-state index in [4.69, 9.17) is 10.5 Å². The standard InChI is InChI=1S/C14H21N3O/c1-3-16-8-12-6-11(16)9-17(12)10-4-5-13(15)14(7-10)18-2/h4-5,7,11-12H,3,6,8-9,15H2,1-2H3. The SMILES string of the molecule is CCN1CC2CC1CN2c1ccc(N)c(OC)c1. The molecule has 98 valence electrons. The van der Waals surface area contributed by atoms with Gasteiger partial charge in [0.1, 0.15) is 5.75 Å². The lowest BCUT2D eigenvalue weighted by Crippen LogP contribution is -2.46. The predicted molar refractivity (Wildman–Crippen MR) is 74.2 cm³/mol. The first-order chi connectivity index (χ1) is 8.72. The van der Waals surface area contributed by atoms with Crippen LogP contribution >= 0.6 is 0 Å². The zero-order chi connectivity index (χ0) is 12.7. The molecule has 0 spiro atoms. The van der Waals surface area contributed by atoms with Crippen molar-refractivity contribution in [1.29, 1.82) is 0 Å². The van der Waals surface area contributed by atoms with Gasteiger partial charge in [0.25, 0.3) is 0 Å². The van der Waals surface area contributed by atoms with E-state index in [0.717, 1.165) is 18.3 Å². The first-order valence-electron chi connectivity index (χ1n) is 6.67. The molecule has 2 bridgehead atoms. The zero-order valence-electron chi connectivity index (χ0n) is 11.1. The number of hydrogen-bond donors (Lipinski definition) is 1. The van der Waals surface area contributed by atoms with Crippen molar-refractivity contribution in [2.75, 3.05) is 37.4 Å². The fraction of sp³-hybridized carbons (Fsp3) is 0.571. The number of likely N-dealkylation sites (tertiary alicyclic amines) is 1. The highest BCUT2D eigenvalue weighted by molar-refractivity contribution is 5.63. The van der Waals surface area contributed by atoms with Gasteiger partial charge >= 0.3 is 0 Å². The van der Waals surface area contributed by atoms with Gasteiger partial charge in [-0.05, 0) is 25.1 Å². The maximum Gasteiger partial charge on any atom is 0.143 e. The Morgan fingerprint density at radius 1 is 1.33 bits per heavy atom. The van der Waals surface area contributed by atoms with Gasteiger partial charge in [-0.3, -0.25) is 4.90 Å². The summed E-state index contributed by atoms with van der Waals surface area (Å²) in [6.07, 6.45) is 1.29. The first kappa shape index (κ1) is 11.7. The molecular weight excluding hydrogens is 226 g/mol. The van der Waals surface area contributed by atoms with Gasteiger partial charge in [0, 0.05) is 36.9 Å². The van der Waals surface area contributed by atoms with Crippen molar-refractivity contribution in [1.82, 2.24) is 4.90 Å². The Morgan fingerprint density at radius 2 is 2.17 bits per heavy atom. The van der Waals surface area contributed by atoms with Gasteiger partial charge in [0.05, 0.1) is 12.8 Å². The van der Waals surface area contributed by atoms with Crippen LogP contribution in [0.5, 0.6) is 5.75 Å². The van der Waals surface area contributed by atoms with Crippen molar-refractivity contribution in [3.63, 3.8) is 0 Å². The molecule has 2 aliphatic rings. The van der Waals surface area contributed by atoms with E-state index >= 15 is 0 Å². The van der Waals surface area contributed by atoms with Crippen molar-refractivity contribution in [3.8, 4) is 5.75 Å². The van der Waals surface area contributed by atoms with Gasteiger partial charge in [0.2, 0.25) is 0 Å². The largest absolute Gasteiger partial charge is 0.495 e. The van der Waals surface area contributed by atoms with Crippen LogP contribution in [0.1, 0.15) is 13.3 Å². The van der Waals surface area contributed by atoms with Crippen LogP contribution in [-0.2, 0) is 0 Å². The summed E-state index contributed by atoms with van der Waals surface area (Å²) < 4.78 is 5.31. The quantitative estimate of drug-likeness (QED) is 0.823. The van der Waals surface area contributed by atoms with E-state index in [-0.39, 0.29) is 0 Å². The van der Waals surface area contributed by atoms with Crippen LogP contribution in [0.15, 0.2) is 18.2 Å². The molecule has 1 aromatic carbocycles. The Bertz CT molecular complexity index is 449. The summed E-state index contributed by atoms with van der Waals surface area (Å²) in [5.74, 6) is 0.780. The molecule has 2 fully saturated rings. The molecule has 4 nitrogen and oxygen atoms in total. The molecule has 2 unspecified atom stereocenters. The average molecular weight is 247 g/mol. The number of rotatable bonds is 3. The van der Waals surface area contributed by atoms with E-state index in [9.17, 15) is 0 Å². The topological polar surface area (TPSA) is 41.7 Å². The third kappa shape index (κ3) is 1.72. The van der Waals surface area contributed by atoms with E-state index in [0.29, 0.717) is 11.7 Å². The van der Waals surface area contributed by atoms with E-state index in [1.54, 1.807) is 7.11 Å². The van der Waals surface area contributed by atoms with Crippen LogP contribution in [0.25, 0.3) is 0 Å². The van der Waals surface area contributed by atoms with Gasteiger partial charge in [-0.15, -0.1) is 0 Å². The van der Waals surface area contributed by atoms with E-state index < -0.39 is 0 Å². The molecule has 0 radical (unpaired) electrons. The molecule has 0 saturated carbocycles. The molecule has 4 heteroatoms. The number of fused-ring (bicyclic) bond motifs is 2. The van der Waals surface area contributed by atoms with E-state index in [1.807, 2.05) is 6.07 Å². The number of methoxy groups -OCH3 is 1. The summed E-state index contributed by atoms with van der Waals surface area (Å²) in [7, 11) is 1.67.